The Hall–Kier alpha value is -1.95. The van der Waals surface area contributed by atoms with Crippen molar-refractivity contribution in [3.05, 3.63) is 60.7 Å². The van der Waals surface area contributed by atoms with E-state index in [0.29, 0.717) is 6.61 Å². The largest absolute Gasteiger partial charge is 0.478 e. The molecule has 0 radical (unpaired) electrons. The number of hydrogen-bond donors (Lipinski definition) is 1. The van der Waals surface area contributed by atoms with E-state index in [1.165, 1.54) is 0 Å². The minimum Gasteiger partial charge on any atom is -0.478 e. The first-order valence-electron chi connectivity index (χ1n) is 9.46. The van der Waals surface area contributed by atoms with Crippen LogP contribution in [0, 0.1) is 5.41 Å². The van der Waals surface area contributed by atoms with Gasteiger partial charge in [-0.05, 0) is 28.6 Å². The molecule has 1 N–H and O–H groups in total. The zero-order chi connectivity index (χ0) is 19.7. The van der Waals surface area contributed by atoms with Gasteiger partial charge >= 0.3 is 5.97 Å². The van der Waals surface area contributed by atoms with Gasteiger partial charge < -0.3 is 14.3 Å². The van der Waals surface area contributed by atoms with Crippen molar-refractivity contribution in [1.29, 1.82) is 0 Å². The number of unbranched alkanes of at least 4 members (excludes halogenated alkanes) is 1. The summed E-state index contributed by atoms with van der Waals surface area (Å²) in [5.74, 6) is -1.07. The van der Waals surface area contributed by atoms with Crippen LogP contribution < -0.4 is 10.4 Å². The summed E-state index contributed by atoms with van der Waals surface area (Å²) in [6.45, 7) is 6.99. The summed E-state index contributed by atoms with van der Waals surface area (Å²) in [4.78, 5) is 11.7. The molecule has 2 aromatic carbocycles. The van der Waals surface area contributed by atoms with Gasteiger partial charge in [-0.25, -0.2) is 4.79 Å². The first-order valence-corrected chi connectivity index (χ1v) is 11.1. The van der Waals surface area contributed by atoms with Gasteiger partial charge in [-0.2, -0.15) is 0 Å². The molecule has 5 heteroatoms. The summed E-state index contributed by atoms with van der Waals surface area (Å²) in [6, 6.07) is 19.7. The summed E-state index contributed by atoms with van der Waals surface area (Å²) < 4.78 is 11.7. The predicted octanol–water partition coefficient (Wildman–Crippen LogP) is 3.18. The van der Waals surface area contributed by atoms with Crippen LogP contribution >= 0.6 is 0 Å². The molecular weight excluding hydrogens is 356 g/mol. The van der Waals surface area contributed by atoms with E-state index in [9.17, 15) is 9.90 Å². The topological polar surface area (TPSA) is 55.8 Å². The van der Waals surface area contributed by atoms with Crippen LogP contribution in [-0.2, 0) is 14.0 Å². The van der Waals surface area contributed by atoms with Crippen LogP contribution in [0.5, 0.6) is 0 Å². The van der Waals surface area contributed by atoms with Gasteiger partial charge in [0.05, 0.1) is 6.61 Å². The highest BCUT2D eigenvalue weighted by Gasteiger charge is 2.27. The van der Waals surface area contributed by atoms with Gasteiger partial charge in [-0.15, -0.1) is 0 Å². The summed E-state index contributed by atoms with van der Waals surface area (Å²) >= 11 is 0. The van der Waals surface area contributed by atoms with Crippen LogP contribution in [0.1, 0.15) is 40.0 Å². The quantitative estimate of drug-likeness (QED) is 0.387. The van der Waals surface area contributed by atoms with E-state index in [1.54, 1.807) is 0 Å². The Morgan fingerprint density at radius 3 is 1.93 bits per heavy atom. The van der Waals surface area contributed by atoms with Crippen LogP contribution in [0.2, 0.25) is 0 Å². The molecule has 2 aromatic rings. The van der Waals surface area contributed by atoms with Crippen LogP contribution in [0.15, 0.2) is 60.7 Å². The zero-order valence-electron chi connectivity index (χ0n) is 16.4. The highest BCUT2D eigenvalue weighted by molar-refractivity contribution is 6.80. The van der Waals surface area contributed by atoms with E-state index < -0.39 is 21.3 Å². The lowest BCUT2D eigenvalue weighted by atomic mass is 9.90. The fourth-order valence-electron chi connectivity index (χ4n) is 2.85. The Bertz CT molecular complexity index is 643. The lowest BCUT2D eigenvalue weighted by Crippen LogP contribution is -2.49. The maximum atomic E-state index is 11.7. The monoisotopic (exact) mass is 386 g/mol. The maximum Gasteiger partial charge on any atom is 0.360 e. The lowest BCUT2D eigenvalue weighted by Gasteiger charge is -2.23. The van der Waals surface area contributed by atoms with Crippen molar-refractivity contribution >= 4 is 25.4 Å². The molecule has 0 aliphatic carbocycles. The van der Waals surface area contributed by atoms with Crippen LogP contribution in [-0.4, -0.2) is 33.0 Å². The highest BCUT2D eigenvalue weighted by Crippen LogP contribution is 2.21. The first-order chi connectivity index (χ1) is 12.9. The highest BCUT2D eigenvalue weighted by atomic mass is 28.3. The molecule has 0 saturated heterocycles. The molecule has 1 unspecified atom stereocenters. The third-order valence-corrected chi connectivity index (χ3v) is 6.76. The lowest BCUT2D eigenvalue weighted by molar-refractivity contribution is -0.171. The second kappa shape index (κ2) is 10.4. The Morgan fingerprint density at radius 1 is 0.963 bits per heavy atom. The SMILES string of the molecule is CC(C)(C)CCCCOC(O[SiH](c1ccccc1)c1ccccc1)C(=O)O. The maximum absolute atomic E-state index is 11.7. The normalized spacial score (nSPS) is 12.9. The average molecular weight is 387 g/mol. The van der Waals surface area contributed by atoms with E-state index in [2.05, 4.69) is 20.8 Å². The molecule has 146 valence electrons. The number of aliphatic carboxylic acids is 1. The Labute approximate surface area is 163 Å². The summed E-state index contributed by atoms with van der Waals surface area (Å²) in [5, 5.41) is 11.6. The van der Waals surface area contributed by atoms with E-state index in [-0.39, 0.29) is 5.41 Å². The van der Waals surface area contributed by atoms with Gasteiger partial charge in [0.15, 0.2) is 0 Å². The van der Waals surface area contributed by atoms with Gasteiger partial charge in [-0.1, -0.05) is 87.9 Å². The molecule has 4 nitrogen and oxygen atoms in total. The molecule has 0 aromatic heterocycles. The number of ether oxygens (including phenoxy) is 1. The third kappa shape index (κ3) is 7.67. The standard InChI is InChI=1S/C22H30O4Si/c1-22(2,3)16-10-11-17-25-21(20(23)24)26-27(18-12-6-4-7-13-18)19-14-8-5-9-15-19/h4-9,12-15,21,27H,10-11,16-17H2,1-3H3,(H,23,24). The smallest absolute Gasteiger partial charge is 0.360 e. The van der Waals surface area contributed by atoms with E-state index in [0.717, 1.165) is 29.6 Å². The van der Waals surface area contributed by atoms with Crippen molar-refractivity contribution in [3.63, 3.8) is 0 Å². The van der Waals surface area contributed by atoms with Crippen LogP contribution in [0.4, 0.5) is 0 Å². The molecule has 0 aliphatic heterocycles. The van der Waals surface area contributed by atoms with Gasteiger partial charge in [0.1, 0.15) is 0 Å². The molecule has 0 fully saturated rings. The molecule has 0 spiro atoms. The number of carbonyl (C=O) groups is 1. The van der Waals surface area contributed by atoms with Crippen molar-refractivity contribution in [2.75, 3.05) is 6.61 Å². The van der Waals surface area contributed by atoms with Gasteiger partial charge in [-0.3, -0.25) is 0 Å². The van der Waals surface area contributed by atoms with Crippen LogP contribution in [0.25, 0.3) is 0 Å². The number of hydrogen-bond acceptors (Lipinski definition) is 3. The van der Waals surface area contributed by atoms with E-state index in [4.69, 9.17) is 9.16 Å². The number of rotatable bonds is 10. The zero-order valence-corrected chi connectivity index (χ0v) is 17.6. The van der Waals surface area contributed by atoms with Crippen molar-refractivity contribution < 1.29 is 19.1 Å². The molecule has 0 amide bonds. The summed E-state index contributed by atoms with van der Waals surface area (Å²) in [5.41, 5.74) is 0.279. The fourth-order valence-corrected chi connectivity index (χ4v) is 5.13. The number of carboxylic acid groups (broad SMARTS) is 1. The van der Waals surface area contributed by atoms with Gasteiger partial charge in [0, 0.05) is 0 Å². The van der Waals surface area contributed by atoms with E-state index >= 15 is 0 Å². The average Bonchev–Trinajstić information content (AvgIpc) is 2.64. The van der Waals surface area contributed by atoms with Crippen molar-refractivity contribution in [3.8, 4) is 0 Å². The van der Waals surface area contributed by atoms with Crippen molar-refractivity contribution in [1.82, 2.24) is 0 Å². The number of carboxylic acids is 1. The number of benzene rings is 2. The van der Waals surface area contributed by atoms with Gasteiger partial charge in [0.25, 0.3) is 0 Å². The summed E-state index contributed by atoms with van der Waals surface area (Å²) in [7, 11) is -2.16. The predicted molar refractivity (Wildman–Crippen MR) is 111 cm³/mol. The molecule has 27 heavy (non-hydrogen) atoms. The second-order valence-corrected chi connectivity index (χ2v) is 10.3. The van der Waals surface area contributed by atoms with Crippen molar-refractivity contribution in [2.24, 2.45) is 5.41 Å². The molecule has 0 heterocycles. The van der Waals surface area contributed by atoms with Gasteiger partial charge in [0.2, 0.25) is 15.3 Å². The first kappa shape index (κ1) is 21.3. The minimum atomic E-state index is -2.16. The molecule has 0 saturated carbocycles. The molecular formula is C22H30O4Si. The Morgan fingerprint density at radius 2 is 1.48 bits per heavy atom. The van der Waals surface area contributed by atoms with E-state index in [1.807, 2.05) is 60.7 Å². The molecule has 0 bridgehead atoms. The Kier molecular flexibility index (Phi) is 8.22. The van der Waals surface area contributed by atoms with Crippen LogP contribution in [0.3, 0.4) is 0 Å². The van der Waals surface area contributed by atoms with Crippen molar-refractivity contribution in [2.45, 2.75) is 46.3 Å². The summed E-state index contributed by atoms with van der Waals surface area (Å²) in [6.07, 6.45) is 1.68. The molecule has 0 aliphatic rings. The second-order valence-electron chi connectivity index (χ2n) is 7.90. The Balaban J connectivity index is 2.03. The third-order valence-electron chi connectivity index (χ3n) is 4.26. The molecule has 1 atom stereocenters. The minimum absolute atomic E-state index is 0.279. The fraction of sp³-hybridized carbons (Fsp3) is 0.409. The molecule has 2 rings (SSSR count).